The van der Waals surface area contributed by atoms with Crippen molar-refractivity contribution >= 4 is 5.91 Å². The van der Waals surface area contributed by atoms with Crippen molar-refractivity contribution in [1.29, 1.82) is 0 Å². The number of hydrogen-bond acceptors (Lipinski definition) is 5. The topological polar surface area (TPSA) is 76.7 Å². The van der Waals surface area contributed by atoms with Gasteiger partial charge in [0.05, 0.1) is 12.3 Å². The third-order valence-corrected chi connectivity index (χ3v) is 4.08. The lowest BCUT2D eigenvalue weighted by atomic mass is 10.1. The van der Waals surface area contributed by atoms with Crippen LogP contribution in [0.3, 0.4) is 0 Å². The Morgan fingerprint density at radius 2 is 2.16 bits per heavy atom. The molecule has 0 radical (unpaired) electrons. The Hall–Kier alpha value is -2.54. The lowest BCUT2D eigenvalue weighted by Crippen LogP contribution is -2.33. The third kappa shape index (κ3) is 4.51. The van der Waals surface area contributed by atoms with E-state index in [4.69, 9.17) is 14.2 Å². The quantitative estimate of drug-likeness (QED) is 0.792. The lowest BCUT2D eigenvalue weighted by Gasteiger charge is -2.22. The summed E-state index contributed by atoms with van der Waals surface area (Å²) in [7, 11) is 1.63. The van der Waals surface area contributed by atoms with E-state index in [9.17, 15) is 4.79 Å². The number of hydrogen-bond donors (Lipinski definition) is 1. The van der Waals surface area contributed by atoms with Gasteiger partial charge < -0.3 is 19.1 Å². The van der Waals surface area contributed by atoms with E-state index in [1.54, 1.807) is 12.0 Å². The van der Waals surface area contributed by atoms with E-state index in [-0.39, 0.29) is 12.7 Å². The SMILES string of the molecule is COCCN(Cc1ccc2c(c1)OCO2)C(=O)CCc1cc(C)[nH]n1. The van der Waals surface area contributed by atoms with Crippen LogP contribution in [-0.2, 0) is 22.5 Å². The van der Waals surface area contributed by atoms with Crippen LogP contribution in [0.15, 0.2) is 24.3 Å². The highest BCUT2D eigenvalue weighted by Crippen LogP contribution is 2.32. The van der Waals surface area contributed by atoms with Crippen LogP contribution in [-0.4, -0.2) is 48.1 Å². The van der Waals surface area contributed by atoms with Gasteiger partial charge in [-0.3, -0.25) is 9.89 Å². The molecule has 1 N–H and O–H groups in total. The fraction of sp³-hybridized carbons (Fsp3) is 0.444. The first-order valence-corrected chi connectivity index (χ1v) is 8.32. The number of ether oxygens (including phenoxy) is 3. The number of H-pyrrole nitrogens is 1. The molecule has 1 aromatic carbocycles. The number of fused-ring (bicyclic) bond motifs is 1. The van der Waals surface area contributed by atoms with E-state index >= 15 is 0 Å². The molecule has 1 aromatic heterocycles. The summed E-state index contributed by atoms with van der Waals surface area (Å²) < 4.78 is 15.9. The van der Waals surface area contributed by atoms with Crippen molar-refractivity contribution in [2.45, 2.75) is 26.3 Å². The zero-order valence-corrected chi connectivity index (χ0v) is 14.6. The number of carbonyl (C=O) groups is 1. The summed E-state index contributed by atoms with van der Waals surface area (Å²) in [6.07, 6.45) is 1.03. The molecule has 1 amide bonds. The van der Waals surface area contributed by atoms with E-state index in [1.165, 1.54) is 0 Å². The molecular formula is C18H23N3O4. The molecule has 2 aromatic rings. The Bertz CT molecular complexity index is 729. The average molecular weight is 345 g/mol. The molecule has 2 heterocycles. The van der Waals surface area contributed by atoms with Gasteiger partial charge in [0.15, 0.2) is 11.5 Å². The minimum absolute atomic E-state index is 0.0790. The van der Waals surface area contributed by atoms with Crippen LogP contribution < -0.4 is 9.47 Å². The summed E-state index contributed by atoms with van der Waals surface area (Å²) in [6, 6.07) is 7.72. The Labute approximate surface area is 146 Å². The van der Waals surface area contributed by atoms with Crippen molar-refractivity contribution in [2.24, 2.45) is 0 Å². The monoisotopic (exact) mass is 345 g/mol. The van der Waals surface area contributed by atoms with Gasteiger partial charge in [0, 0.05) is 38.7 Å². The van der Waals surface area contributed by atoms with Crippen molar-refractivity contribution in [2.75, 3.05) is 27.1 Å². The summed E-state index contributed by atoms with van der Waals surface area (Å²) in [5, 5.41) is 7.08. The van der Waals surface area contributed by atoms with Crippen LogP contribution in [0.4, 0.5) is 0 Å². The highest BCUT2D eigenvalue weighted by atomic mass is 16.7. The number of methoxy groups -OCH3 is 1. The second kappa shape index (κ2) is 8.02. The molecule has 134 valence electrons. The van der Waals surface area contributed by atoms with Gasteiger partial charge in [-0.15, -0.1) is 0 Å². The normalized spacial score (nSPS) is 12.4. The van der Waals surface area contributed by atoms with Crippen LogP contribution >= 0.6 is 0 Å². The van der Waals surface area contributed by atoms with E-state index in [2.05, 4.69) is 10.2 Å². The van der Waals surface area contributed by atoms with Crippen LogP contribution in [0, 0.1) is 6.92 Å². The number of rotatable bonds is 8. The van der Waals surface area contributed by atoms with Crippen LogP contribution in [0.2, 0.25) is 0 Å². The standard InChI is InChI=1S/C18H23N3O4/c1-13-9-15(20-19-13)4-6-18(22)21(7-8-23-2)11-14-3-5-16-17(10-14)25-12-24-16/h3,5,9-10H,4,6-8,11-12H2,1-2H3,(H,19,20). The zero-order chi connectivity index (χ0) is 17.6. The van der Waals surface area contributed by atoms with Gasteiger partial charge in [0.1, 0.15) is 0 Å². The van der Waals surface area contributed by atoms with Crippen molar-refractivity contribution in [3.63, 3.8) is 0 Å². The first-order valence-electron chi connectivity index (χ1n) is 8.32. The molecule has 0 bridgehead atoms. The third-order valence-electron chi connectivity index (χ3n) is 4.08. The molecule has 0 saturated heterocycles. The van der Waals surface area contributed by atoms with E-state index < -0.39 is 0 Å². The molecule has 1 aliphatic heterocycles. The summed E-state index contributed by atoms with van der Waals surface area (Å²) in [6.45, 7) is 3.75. The van der Waals surface area contributed by atoms with Crippen LogP contribution in [0.5, 0.6) is 11.5 Å². The Morgan fingerprint density at radius 3 is 2.92 bits per heavy atom. The summed E-state index contributed by atoms with van der Waals surface area (Å²) in [4.78, 5) is 14.4. The first kappa shape index (κ1) is 17.3. The molecule has 0 atom stereocenters. The van der Waals surface area contributed by atoms with E-state index in [1.807, 2.05) is 31.2 Å². The number of amides is 1. The van der Waals surface area contributed by atoms with Gasteiger partial charge in [-0.25, -0.2) is 0 Å². The van der Waals surface area contributed by atoms with Gasteiger partial charge in [-0.1, -0.05) is 6.07 Å². The van der Waals surface area contributed by atoms with Crippen molar-refractivity contribution in [3.8, 4) is 11.5 Å². The number of nitrogens with zero attached hydrogens (tertiary/aromatic N) is 2. The molecule has 0 aliphatic carbocycles. The minimum Gasteiger partial charge on any atom is -0.454 e. The number of nitrogens with one attached hydrogen (secondary N) is 1. The molecule has 7 heteroatoms. The molecule has 0 saturated carbocycles. The molecular weight excluding hydrogens is 322 g/mol. The number of benzene rings is 1. The molecule has 7 nitrogen and oxygen atoms in total. The number of aromatic nitrogens is 2. The predicted molar refractivity (Wildman–Crippen MR) is 91.5 cm³/mol. The average Bonchev–Trinajstić information content (AvgIpc) is 3.24. The molecule has 1 aliphatic rings. The predicted octanol–water partition coefficient (Wildman–Crippen LogP) is 2.05. The van der Waals surface area contributed by atoms with Gasteiger partial charge in [0.25, 0.3) is 0 Å². The maximum atomic E-state index is 12.6. The van der Waals surface area contributed by atoms with Gasteiger partial charge in [0.2, 0.25) is 12.7 Å². The minimum atomic E-state index is 0.0790. The van der Waals surface area contributed by atoms with Gasteiger partial charge >= 0.3 is 0 Å². The Kier molecular flexibility index (Phi) is 5.55. The maximum absolute atomic E-state index is 12.6. The highest BCUT2D eigenvalue weighted by Gasteiger charge is 2.18. The molecule has 0 fully saturated rings. The molecule has 0 unspecified atom stereocenters. The highest BCUT2D eigenvalue weighted by molar-refractivity contribution is 5.76. The number of aromatic amines is 1. The second-order valence-corrected chi connectivity index (χ2v) is 6.04. The maximum Gasteiger partial charge on any atom is 0.231 e. The van der Waals surface area contributed by atoms with E-state index in [0.717, 1.165) is 28.5 Å². The summed E-state index contributed by atoms with van der Waals surface area (Å²) in [5.74, 6) is 1.55. The molecule has 0 spiro atoms. The van der Waals surface area contributed by atoms with Crippen molar-refractivity contribution in [1.82, 2.24) is 15.1 Å². The Morgan fingerprint density at radius 1 is 1.32 bits per heavy atom. The van der Waals surface area contributed by atoms with Gasteiger partial charge in [-0.2, -0.15) is 5.10 Å². The van der Waals surface area contributed by atoms with E-state index in [0.29, 0.717) is 32.5 Å². The largest absolute Gasteiger partial charge is 0.454 e. The van der Waals surface area contributed by atoms with Crippen LogP contribution in [0.1, 0.15) is 23.4 Å². The van der Waals surface area contributed by atoms with Crippen molar-refractivity contribution < 1.29 is 19.0 Å². The summed E-state index contributed by atoms with van der Waals surface area (Å²) in [5.41, 5.74) is 2.91. The molecule has 3 rings (SSSR count). The fourth-order valence-corrected chi connectivity index (χ4v) is 2.75. The Balaban J connectivity index is 1.62. The summed E-state index contributed by atoms with van der Waals surface area (Å²) >= 11 is 0. The van der Waals surface area contributed by atoms with Crippen molar-refractivity contribution in [3.05, 3.63) is 41.2 Å². The molecule has 25 heavy (non-hydrogen) atoms. The fourth-order valence-electron chi connectivity index (χ4n) is 2.75. The van der Waals surface area contributed by atoms with Crippen LogP contribution in [0.25, 0.3) is 0 Å². The first-order chi connectivity index (χ1) is 12.2. The lowest BCUT2D eigenvalue weighted by molar-refractivity contribution is -0.132. The number of carbonyl (C=O) groups excluding carboxylic acids is 1. The van der Waals surface area contributed by atoms with Gasteiger partial charge in [-0.05, 0) is 30.7 Å². The smallest absolute Gasteiger partial charge is 0.231 e. The second-order valence-electron chi connectivity index (χ2n) is 6.04. The zero-order valence-electron chi connectivity index (χ0n) is 14.6. The number of aryl methyl sites for hydroxylation is 2.